The van der Waals surface area contributed by atoms with Gasteiger partial charge in [-0.1, -0.05) is 17.7 Å². The Labute approximate surface area is 131 Å². The van der Waals surface area contributed by atoms with Gasteiger partial charge in [0.1, 0.15) is 0 Å². The molecule has 3 rings (SSSR count). The van der Waals surface area contributed by atoms with Crippen molar-refractivity contribution in [2.75, 3.05) is 49.1 Å². The fraction of sp³-hybridized carbons (Fsp3) is 0.562. The van der Waals surface area contributed by atoms with Crippen LogP contribution in [0.2, 0.25) is 5.02 Å². The van der Waals surface area contributed by atoms with Crippen LogP contribution < -0.4 is 9.80 Å². The predicted molar refractivity (Wildman–Crippen MR) is 87.4 cm³/mol. The maximum Gasteiger partial charge on any atom is 0.219 e. The molecule has 0 saturated carbocycles. The third-order valence-electron chi connectivity index (χ3n) is 4.45. The molecule has 0 aromatic heterocycles. The molecule has 0 atom stereocenters. The van der Waals surface area contributed by atoms with E-state index < -0.39 is 0 Å². The van der Waals surface area contributed by atoms with E-state index in [0.717, 1.165) is 50.0 Å². The van der Waals surface area contributed by atoms with Crippen LogP contribution in [0.15, 0.2) is 18.2 Å². The van der Waals surface area contributed by atoms with Crippen molar-refractivity contribution in [2.45, 2.75) is 19.8 Å². The zero-order chi connectivity index (χ0) is 14.8. The summed E-state index contributed by atoms with van der Waals surface area (Å²) in [7, 11) is 0. The number of piperazine rings is 1. The molecule has 21 heavy (non-hydrogen) atoms. The van der Waals surface area contributed by atoms with Crippen LogP contribution >= 0.6 is 11.6 Å². The predicted octanol–water partition coefficient (Wildman–Crippen LogP) is 2.61. The second kappa shape index (κ2) is 6.14. The van der Waals surface area contributed by atoms with Crippen molar-refractivity contribution in [3.63, 3.8) is 0 Å². The van der Waals surface area contributed by atoms with Gasteiger partial charge in [-0.15, -0.1) is 0 Å². The maximum absolute atomic E-state index is 11.5. The molecule has 2 fully saturated rings. The molecule has 114 valence electrons. The summed E-state index contributed by atoms with van der Waals surface area (Å²) in [4.78, 5) is 18.1. The van der Waals surface area contributed by atoms with Gasteiger partial charge >= 0.3 is 0 Å². The van der Waals surface area contributed by atoms with Crippen LogP contribution in [0, 0.1) is 0 Å². The van der Waals surface area contributed by atoms with Crippen LogP contribution in [0.5, 0.6) is 0 Å². The first-order chi connectivity index (χ1) is 10.2. The molecule has 0 bridgehead atoms. The van der Waals surface area contributed by atoms with Crippen molar-refractivity contribution >= 4 is 28.9 Å². The summed E-state index contributed by atoms with van der Waals surface area (Å²) in [6.07, 6.45) is 2.51. The van der Waals surface area contributed by atoms with Gasteiger partial charge in [-0.3, -0.25) is 4.79 Å². The van der Waals surface area contributed by atoms with Gasteiger partial charge in [-0.25, -0.2) is 0 Å². The van der Waals surface area contributed by atoms with E-state index in [1.165, 1.54) is 18.5 Å². The third-order valence-corrected chi connectivity index (χ3v) is 4.76. The Morgan fingerprint density at radius 1 is 1.00 bits per heavy atom. The molecular formula is C16H22ClN3O. The molecule has 1 aromatic rings. The minimum Gasteiger partial charge on any atom is -0.370 e. The number of carbonyl (C=O) groups excluding carboxylic acids is 1. The van der Waals surface area contributed by atoms with Gasteiger partial charge in [-0.05, 0) is 25.0 Å². The largest absolute Gasteiger partial charge is 0.370 e. The van der Waals surface area contributed by atoms with Crippen LogP contribution in [0.4, 0.5) is 11.4 Å². The monoisotopic (exact) mass is 307 g/mol. The highest BCUT2D eigenvalue weighted by atomic mass is 35.5. The molecule has 1 amide bonds. The highest BCUT2D eigenvalue weighted by molar-refractivity contribution is 6.34. The van der Waals surface area contributed by atoms with Crippen LogP contribution in [0.1, 0.15) is 19.8 Å². The lowest BCUT2D eigenvalue weighted by Gasteiger charge is -2.38. The molecule has 0 radical (unpaired) electrons. The second-order valence-electron chi connectivity index (χ2n) is 5.79. The number of hydrogen-bond acceptors (Lipinski definition) is 3. The zero-order valence-corrected chi connectivity index (χ0v) is 13.3. The number of benzene rings is 1. The van der Waals surface area contributed by atoms with Gasteiger partial charge < -0.3 is 14.7 Å². The maximum atomic E-state index is 11.5. The summed E-state index contributed by atoms with van der Waals surface area (Å²) in [6.45, 7) is 7.12. The summed E-state index contributed by atoms with van der Waals surface area (Å²) in [5, 5.41) is 0.815. The van der Waals surface area contributed by atoms with Crippen LogP contribution in [0.3, 0.4) is 0 Å². The number of para-hydroxylation sites is 1. The van der Waals surface area contributed by atoms with E-state index in [1.807, 2.05) is 17.0 Å². The first-order valence-electron chi connectivity index (χ1n) is 7.71. The Hall–Kier alpha value is -1.42. The Kier molecular flexibility index (Phi) is 4.24. The summed E-state index contributed by atoms with van der Waals surface area (Å²) < 4.78 is 0. The number of anilines is 2. The fourth-order valence-corrected chi connectivity index (χ4v) is 3.56. The number of halogens is 1. The van der Waals surface area contributed by atoms with Gasteiger partial charge in [0.2, 0.25) is 5.91 Å². The van der Waals surface area contributed by atoms with Crippen LogP contribution in [0.25, 0.3) is 0 Å². The molecule has 2 aliphatic heterocycles. The van der Waals surface area contributed by atoms with Gasteiger partial charge in [0.25, 0.3) is 0 Å². The van der Waals surface area contributed by atoms with E-state index in [2.05, 4.69) is 15.9 Å². The Balaban J connectivity index is 1.83. The third kappa shape index (κ3) is 2.95. The van der Waals surface area contributed by atoms with Crippen molar-refractivity contribution in [1.82, 2.24) is 4.90 Å². The van der Waals surface area contributed by atoms with E-state index in [0.29, 0.717) is 0 Å². The molecule has 0 spiro atoms. The van der Waals surface area contributed by atoms with Crippen molar-refractivity contribution in [3.05, 3.63) is 23.2 Å². The Morgan fingerprint density at radius 2 is 1.67 bits per heavy atom. The normalized spacial score (nSPS) is 19.2. The highest BCUT2D eigenvalue weighted by Crippen LogP contribution is 2.38. The smallest absolute Gasteiger partial charge is 0.219 e. The second-order valence-corrected chi connectivity index (χ2v) is 6.20. The van der Waals surface area contributed by atoms with Gasteiger partial charge in [-0.2, -0.15) is 0 Å². The van der Waals surface area contributed by atoms with E-state index in [-0.39, 0.29) is 5.91 Å². The van der Waals surface area contributed by atoms with Crippen molar-refractivity contribution in [1.29, 1.82) is 0 Å². The zero-order valence-electron chi connectivity index (χ0n) is 12.5. The van der Waals surface area contributed by atoms with E-state index >= 15 is 0 Å². The van der Waals surface area contributed by atoms with Crippen LogP contribution in [-0.4, -0.2) is 50.1 Å². The van der Waals surface area contributed by atoms with Crippen LogP contribution in [-0.2, 0) is 4.79 Å². The molecule has 5 heteroatoms. The average Bonchev–Trinajstić information content (AvgIpc) is 3.01. The van der Waals surface area contributed by atoms with Gasteiger partial charge in [0, 0.05) is 46.2 Å². The standard InChI is InChI=1S/C16H22ClN3O/c1-13(21)18-9-11-20(12-10-18)16-14(17)5-4-6-15(16)19-7-2-3-8-19/h4-6H,2-3,7-12H2,1H3. The molecule has 2 saturated heterocycles. The molecule has 0 N–H and O–H groups in total. The van der Waals surface area contributed by atoms with E-state index in [9.17, 15) is 4.79 Å². The first kappa shape index (κ1) is 14.5. The molecule has 4 nitrogen and oxygen atoms in total. The first-order valence-corrected chi connectivity index (χ1v) is 8.08. The summed E-state index contributed by atoms with van der Waals surface area (Å²) in [5.74, 6) is 0.161. The molecule has 2 heterocycles. The number of amides is 1. The number of hydrogen-bond donors (Lipinski definition) is 0. The molecular weight excluding hydrogens is 286 g/mol. The van der Waals surface area contributed by atoms with E-state index in [1.54, 1.807) is 6.92 Å². The van der Waals surface area contributed by atoms with E-state index in [4.69, 9.17) is 11.6 Å². The lowest BCUT2D eigenvalue weighted by Crippen LogP contribution is -2.48. The Morgan fingerprint density at radius 3 is 2.29 bits per heavy atom. The highest BCUT2D eigenvalue weighted by Gasteiger charge is 2.25. The topological polar surface area (TPSA) is 26.8 Å². The molecule has 0 unspecified atom stereocenters. The van der Waals surface area contributed by atoms with Gasteiger partial charge in [0.05, 0.1) is 16.4 Å². The number of rotatable bonds is 2. The quantitative estimate of drug-likeness (QED) is 0.840. The van der Waals surface area contributed by atoms with Crippen molar-refractivity contribution in [3.8, 4) is 0 Å². The summed E-state index contributed by atoms with van der Waals surface area (Å²) >= 11 is 6.49. The lowest BCUT2D eigenvalue weighted by atomic mass is 10.2. The average molecular weight is 308 g/mol. The van der Waals surface area contributed by atoms with Crippen molar-refractivity contribution < 1.29 is 4.79 Å². The summed E-state index contributed by atoms with van der Waals surface area (Å²) in [6, 6.07) is 6.17. The minimum atomic E-state index is 0.161. The fourth-order valence-electron chi connectivity index (χ4n) is 3.28. The molecule has 0 aliphatic carbocycles. The SMILES string of the molecule is CC(=O)N1CCN(c2c(Cl)cccc2N2CCCC2)CC1. The van der Waals surface area contributed by atoms with Crippen molar-refractivity contribution in [2.24, 2.45) is 0 Å². The summed E-state index contributed by atoms with van der Waals surface area (Å²) in [5.41, 5.74) is 2.39. The number of carbonyl (C=O) groups is 1. The molecule has 2 aliphatic rings. The molecule has 1 aromatic carbocycles. The lowest BCUT2D eigenvalue weighted by molar-refractivity contribution is -0.129. The minimum absolute atomic E-state index is 0.161. The Bertz CT molecular complexity index is 520. The number of nitrogens with zero attached hydrogens (tertiary/aromatic N) is 3. The van der Waals surface area contributed by atoms with Gasteiger partial charge in [0.15, 0.2) is 0 Å².